The van der Waals surface area contributed by atoms with E-state index in [2.05, 4.69) is 66.9 Å². The molecule has 3 rings (SSSR count). The van der Waals surface area contributed by atoms with Crippen molar-refractivity contribution in [1.29, 1.82) is 0 Å². The molecule has 4 heteroatoms. The van der Waals surface area contributed by atoms with Crippen molar-refractivity contribution in [1.82, 2.24) is 15.1 Å². The lowest BCUT2D eigenvalue weighted by Crippen LogP contribution is -2.18. The Morgan fingerprint density at radius 1 is 1.24 bits per heavy atom. The first-order valence-corrected chi connectivity index (χ1v) is 8.19. The van der Waals surface area contributed by atoms with Gasteiger partial charge < -0.3 is 5.32 Å². The Balaban J connectivity index is 1.83. The third kappa shape index (κ3) is 3.01. The number of likely N-dealkylation sites (N-methyl/N-ethyl adjacent to an activating group) is 1. The molecule has 3 nitrogen and oxygen atoms in total. The molecule has 1 atom stereocenters. The molecule has 0 aliphatic carbocycles. The fourth-order valence-corrected chi connectivity index (χ4v) is 3.68. The summed E-state index contributed by atoms with van der Waals surface area (Å²) in [5, 5.41) is 9.41. The van der Waals surface area contributed by atoms with Gasteiger partial charge in [0, 0.05) is 34.3 Å². The summed E-state index contributed by atoms with van der Waals surface area (Å²) < 4.78 is 3.37. The van der Waals surface area contributed by atoms with Crippen LogP contribution in [0.15, 0.2) is 42.6 Å². The van der Waals surface area contributed by atoms with E-state index in [1.54, 1.807) is 0 Å². The molecule has 21 heavy (non-hydrogen) atoms. The van der Waals surface area contributed by atoms with E-state index in [1.165, 1.54) is 15.0 Å². The maximum absolute atomic E-state index is 4.66. The fourth-order valence-electron chi connectivity index (χ4n) is 2.50. The molecule has 1 aromatic carbocycles. The van der Waals surface area contributed by atoms with Crippen LogP contribution in [-0.4, -0.2) is 16.8 Å². The van der Waals surface area contributed by atoms with E-state index in [4.69, 9.17) is 0 Å². The van der Waals surface area contributed by atoms with Gasteiger partial charge in [-0.05, 0) is 44.5 Å². The van der Waals surface area contributed by atoms with Crippen LogP contribution < -0.4 is 5.32 Å². The van der Waals surface area contributed by atoms with Gasteiger partial charge in [-0.15, -0.1) is 11.3 Å². The van der Waals surface area contributed by atoms with E-state index in [0.717, 1.165) is 12.1 Å². The number of aromatic nitrogens is 2. The van der Waals surface area contributed by atoms with Crippen LogP contribution in [0, 0.1) is 0 Å². The molecule has 0 amide bonds. The molecular formula is C17H21N3S. The fraction of sp³-hybridized carbons (Fsp3) is 0.353. The standard InChI is InChI=1S/C17H21N3S/c1-12(2)20-9-8-14(19-20)11-15(18-3)17-10-13-6-4-5-7-16(13)21-17/h4-10,12,15,18H,11H2,1-3H3. The zero-order valence-electron chi connectivity index (χ0n) is 12.7. The lowest BCUT2D eigenvalue weighted by Gasteiger charge is -2.13. The van der Waals surface area contributed by atoms with Gasteiger partial charge in [-0.25, -0.2) is 0 Å². The summed E-state index contributed by atoms with van der Waals surface area (Å²) in [4.78, 5) is 1.37. The largest absolute Gasteiger partial charge is 0.312 e. The van der Waals surface area contributed by atoms with Crippen molar-refractivity contribution in [2.45, 2.75) is 32.4 Å². The normalized spacial score (nSPS) is 13.1. The minimum absolute atomic E-state index is 0.318. The van der Waals surface area contributed by atoms with E-state index in [-0.39, 0.29) is 0 Å². The molecule has 1 N–H and O–H groups in total. The lowest BCUT2D eigenvalue weighted by atomic mass is 10.1. The van der Waals surface area contributed by atoms with Gasteiger partial charge in [0.1, 0.15) is 0 Å². The van der Waals surface area contributed by atoms with Gasteiger partial charge in [-0.1, -0.05) is 18.2 Å². The van der Waals surface area contributed by atoms with Crippen LogP contribution >= 0.6 is 11.3 Å². The van der Waals surface area contributed by atoms with Crippen molar-refractivity contribution < 1.29 is 0 Å². The third-order valence-electron chi connectivity index (χ3n) is 3.74. The molecule has 3 aromatic rings. The molecule has 0 aliphatic rings. The SMILES string of the molecule is CNC(Cc1ccn(C(C)C)n1)c1cc2ccccc2s1. The van der Waals surface area contributed by atoms with Gasteiger partial charge in [0.25, 0.3) is 0 Å². The number of thiophene rings is 1. The summed E-state index contributed by atoms with van der Waals surface area (Å²) in [6.45, 7) is 4.30. The predicted octanol–water partition coefficient (Wildman–Crippen LogP) is 4.18. The second-order valence-corrected chi connectivity index (χ2v) is 6.73. The maximum Gasteiger partial charge on any atom is 0.0644 e. The number of nitrogens with zero attached hydrogens (tertiary/aromatic N) is 2. The Morgan fingerprint density at radius 2 is 2.05 bits per heavy atom. The van der Waals surface area contributed by atoms with Crippen molar-refractivity contribution in [2.75, 3.05) is 7.05 Å². The van der Waals surface area contributed by atoms with Crippen LogP contribution in [0.1, 0.15) is 36.5 Å². The molecule has 110 valence electrons. The van der Waals surface area contributed by atoms with Gasteiger partial charge in [-0.3, -0.25) is 4.68 Å². The van der Waals surface area contributed by atoms with Crippen molar-refractivity contribution in [3.63, 3.8) is 0 Å². The monoisotopic (exact) mass is 299 g/mol. The highest BCUT2D eigenvalue weighted by atomic mass is 32.1. The number of rotatable bonds is 5. The Labute approximate surface area is 129 Å². The predicted molar refractivity (Wildman–Crippen MR) is 89.9 cm³/mol. The Hall–Kier alpha value is -1.65. The van der Waals surface area contributed by atoms with Crippen LogP contribution in [0.2, 0.25) is 0 Å². The van der Waals surface area contributed by atoms with Crippen molar-refractivity contribution in [3.8, 4) is 0 Å². The van der Waals surface area contributed by atoms with Crippen LogP contribution in [0.5, 0.6) is 0 Å². The third-order valence-corrected chi connectivity index (χ3v) is 4.97. The average Bonchev–Trinajstić information content (AvgIpc) is 3.11. The number of hydrogen-bond donors (Lipinski definition) is 1. The summed E-state index contributed by atoms with van der Waals surface area (Å²) in [5.41, 5.74) is 1.14. The van der Waals surface area contributed by atoms with E-state index < -0.39 is 0 Å². The first-order valence-electron chi connectivity index (χ1n) is 7.37. The molecule has 2 heterocycles. The number of nitrogens with one attached hydrogen (secondary N) is 1. The molecule has 0 fully saturated rings. The number of benzene rings is 1. The van der Waals surface area contributed by atoms with Crippen molar-refractivity contribution in [3.05, 3.63) is 53.2 Å². The quantitative estimate of drug-likeness (QED) is 0.766. The zero-order chi connectivity index (χ0) is 14.8. The van der Waals surface area contributed by atoms with E-state index >= 15 is 0 Å². The highest BCUT2D eigenvalue weighted by Crippen LogP contribution is 2.31. The van der Waals surface area contributed by atoms with Crippen LogP contribution in [0.4, 0.5) is 0 Å². The average molecular weight is 299 g/mol. The highest BCUT2D eigenvalue weighted by Gasteiger charge is 2.15. The molecule has 0 bridgehead atoms. The maximum atomic E-state index is 4.66. The zero-order valence-corrected chi connectivity index (χ0v) is 13.5. The summed E-state index contributed by atoms with van der Waals surface area (Å²) >= 11 is 1.87. The van der Waals surface area contributed by atoms with E-state index in [0.29, 0.717) is 12.1 Å². The Morgan fingerprint density at radius 3 is 2.71 bits per heavy atom. The summed E-state index contributed by atoms with van der Waals surface area (Å²) in [5.74, 6) is 0. The van der Waals surface area contributed by atoms with Gasteiger partial charge in [0.2, 0.25) is 0 Å². The van der Waals surface area contributed by atoms with E-state index in [9.17, 15) is 0 Å². The van der Waals surface area contributed by atoms with E-state index in [1.807, 2.05) is 23.1 Å². The highest BCUT2D eigenvalue weighted by molar-refractivity contribution is 7.19. The van der Waals surface area contributed by atoms with Gasteiger partial charge in [0.05, 0.1) is 5.69 Å². The molecule has 1 unspecified atom stereocenters. The van der Waals surface area contributed by atoms with Gasteiger partial charge >= 0.3 is 0 Å². The van der Waals surface area contributed by atoms with Gasteiger partial charge in [0.15, 0.2) is 0 Å². The summed E-state index contributed by atoms with van der Waals surface area (Å²) in [6, 6.07) is 13.7. The molecule has 0 saturated carbocycles. The number of hydrogen-bond acceptors (Lipinski definition) is 3. The molecule has 0 aliphatic heterocycles. The first-order chi connectivity index (χ1) is 10.2. The van der Waals surface area contributed by atoms with Gasteiger partial charge in [-0.2, -0.15) is 5.10 Å². The smallest absolute Gasteiger partial charge is 0.0644 e. The Kier molecular flexibility index (Phi) is 4.08. The molecular weight excluding hydrogens is 278 g/mol. The second kappa shape index (κ2) is 6.00. The summed E-state index contributed by atoms with van der Waals surface area (Å²) in [7, 11) is 2.02. The van der Waals surface area contributed by atoms with Crippen molar-refractivity contribution in [2.24, 2.45) is 0 Å². The van der Waals surface area contributed by atoms with Crippen LogP contribution in [0.25, 0.3) is 10.1 Å². The first kappa shape index (κ1) is 14.3. The van der Waals surface area contributed by atoms with Crippen molar-refractivity contribution >= 4 is 21.4 Å². The molecule has 0 radical (unpaired) electrons. The van der Waals surface area contributed by atoms with Crippen LogP contribution in [-0.2, 0) is 6.42 Å². The minimum atomic E-state index is 0.318. The topological polar surface area (TPSA) is 29.9 Å². The number of fused-ring (bicyclic) bond motifs is 1. The van der Waals surface area contributed by atoms with Crippen LogP contribution in [0.3, 0.4) is 0 Å². The molecule has 0 saturated heterocycles. The second-order valence-electron chi connectivity index (χ2n) is 5.61. The lowest BCUT2D eigenvalue weighted by molar-refractivity contribution is 0.516. The summed E-state index contributed by atoms with van der Waals surface area (Å²) in [6.07, 6.45) is 2.99. The Bertz CT molecular complexity index is 693. The molecule has 0 spiro atoms. The minimum Gasteiger partial charge on any atom is -0.312 e. The molecule has 2 aromatic heterocycles.